The highest BCUT2D eigenvalue weighted by atomic mass is 16.5. The van der Waals surface area contributed by atoms with Crippen molar-refractivity contribution in [2.45, 2.75) is 32.7 Å². The number of benzene rings is 1. The Morgan fingerprint density at radius 3 is 2.84 bits per heavy atom. The van der Waals surface area contributed by atoms with Crippen LogP contribution in [0.25, 0.3) is 10.9 Å². The third-order valence-corrected chi connectivity index (χ3v) is 5.14. The van der Waals surface area contributed by atoms with E-state index in [0.717, 1.165) is 5.39 Å². The predicted molar refractivity (Wildman–Crippen MR) is 107 cm³/mol. The molecule has 0 spiro atoms. The molecule has 0 aliphatic carbocycles. The normalized spacial score (nSPS) is 14.8. The molecule has 1 aromatic carbocycles. The lowest BCUT2D eigenvalue weighted by atomic mass is 10.1. The smallest absolute Gasteiger partial charge is 0.468 e. The number of nitrogens with zero attached hydrogens (tertiary/aromatic N) is 4. The molecule has 31 heavy (non-hydrogen) atoms. The Morgan fingerprint density at radius 2 is 2.10 bits per heavy atom. The van der Waals surface area contributed by atoms with Crippen LogP contribution >= 0.6 is 0 Å². The molecule has 0 saturated carbocycles. The largest absolute Gasteiger partial charge is 0.501 e. The molecule has 1 aliphatic heterocycles. The average molecular weight is 428 g/mol. The summed E-state index contributed by atoms with van der Waals surface area (Å²) in [7, 11) is 1.26. The van der Waals surface area contributed by atoms with Gasteiger partial charge in [0.05, 0.1) is 25.6 Å². The van der Waals surface area contributed by atoms with Gasteiger partial charge >= 0.3 is 6.09 Å². The maximum absolute atomic E-state index is 12.8. The Balaban J connectivity index is 1.67. The number of para-hydroxylation sites is 1. The molecule has 0 atom stereocenters. The van der Waals surface area contributed by atoms with E-state index in [1.54, 1.807) is 32.2 Å². The van der Waals surface area contributed by atoms with Gasteiger partial charge in [-0.2, -0.15) is 0 Å². The zero-order chi connectivity index (χ0) is 22.3. The SMILES string of the molecule is COC(=O)n1c2ccccc2c[n+]1CNC(=O)c1nc2n(c(=O)c1O)CCOC2(C)C. The Bertz CT molecular complexity index is 1260. The molecule has 1 amide bonds. The van der Waals surface area contributed by atoms with Crippen molar-refractivity contribution in [3.63, 3.8) is 0 Å². The number of amides is 1. The van der Waals surface area contributed by atoms with Gasteiger partial charge in [-0.25, -0.2) is 9.78 Å². The number of hydrogen-bond donors (Lipinski definition) is 2. The van der Waals surface area contributed by atoms with Crippen LogP contribution in [0.3, 0.4) is 0 Å². The number of carbonyl (C=O) groups excluding carboxylic acids is 2. The van der Waals surface area contributed by atoms with E-state index in [2.05, 4.69) is 10.3 Å². The summed E-state index contributed by atoms with van der Waals surface area (Å²) in [6.07, 6.45) is 1.03. The molecular formula is C20H22N5O6+. The van der Waals surface area contributed by atoms with Crippen LogP contribution in [0.2, 0.25) is 0 Å². The second-order valence-electron chi connectivity index (χ2n) is 7.52. The lowest BCUT2D eigenvalue weighted by Gasteiger charge is -2.32. The summed E-state index contributed by atoms with van der Waals surface area (Å²) in [5.74, 6) is -1.26. The number of hydrogen-bond acceptors (Lipinski definition) is 7. The van der Waals surface area contributed by atoms with Crippen LogP contribution in [-0.4, -0.2) is 45.1 Å². The monoisotopic (exact) mass is 428 g/mol. The van der Waals surface area contributed by atoms with E-state index in [1.807, 2.05) is 12.1 Å². The fourth-order valence-electron chi connectivity index (χ4n) is 3.62. The van der Waals surface area contributed by atoms with Crippen LogP contribution in [0.1, 0.15) is 30.2 Å². The van der Waals surface area contributed by atoms with Crippen LogP contribution in [0.5, 0.6) is 5.75 Å². The van der Waals surface area contributed by atoms with Crippen molar-refractivity contribution in [1.29, 1.82) is 0 Å². The van der Waals surface area contributed by atoms with Gasteiger partial charge in [0.15, 0.2) is 5.69 Å². The Labute approximate surface area is 176 Å². The molecule has 2 N–H and O–H groups in total. The maximum Gasteiger partial charge on any atom is 0.468 e. The molecule has 1 aliphatic rings. The number of ether oxygens (including phenoxy) is 2. The van der Waals surface area contributed by atoms with Crippen molar-refractivity contribution in [3.05, 3.63) is 52.3 Å². The highest BCUT2D eigenvalue weighted by Gasteiger charge is 2.34. The molecule has 3 heterocycles. The maximum atomic E-state index is 12.8. The summed E-state index contributed by atoms with van der Waals surface area (Å²) < 4.78 is 14.5. The van der Waals surface area contributed by atoms with Gasteiger partial charge < -0.3 is 14.6 Å². The van der Waals surface area contributed by atoms with Gasteiger partial charge in [0.25, 0.3) is 11.5 Å². The first-order chi connectivity index (χ1) is 14.7. The summed E-state index contributed by atoms with van der Waals surface area (Å²) >= 11 is 0. The zero-order valence-corrected chi connectivity index (χ0v) is 17.3. The second kappa shape index (κ2) is 7.51. The van der Waals surface area contributed by atoms with Crippen molar-refractivity contribution in [2.75, 3.05) is 13.7 Å². The fourth-order valence-corrected chi connectivity index (χ4v) is 3.62. The van der Waals surface area contributed by atoms with Gasteiger partial charge in [0.2, 0.25) is 18.6 Å². The van der Waals surface area contributed by atoms with Gasteiger partial charge in [-0.15, -0.1) is 0 Å². The number of aromatic hydroxyl groups is 1. The van der Waals surface area contributed by atoms with Crippen LogP contribution in [0.4, 0.5) is 4.79 Å². The topological polar surface area (TPSA) is 129 Å². The predicted octanol–water partition coefficient (Wildman–Crippen LogP) is 0.458. The van der Waals surface area contributed by atoms with Crippen molar-refractivity contribution < 1.29 is 28.9 Å². The summed E-state index contributed by atoms with van der Waals surface area (Å²) in [4.78, 5) is 41.8. The zero-order valence-electron chi connectivity index (χ0n) is 17.3. The number of methoxy groups -OCH3 is 1. The van der Waals surface area contributed by atoms with Gasteiger partial charge in [0.1, 0.15) is 16.9 Å². The first-order valence-electron chi connectivity index (χ1n) is 9.59. The van der Waals surface area contributed by atoms with Crippen LogP contribution in [-0.2, 0) is 28.3 Å². The fraction of sp³-hybridized carbons (Fsp3) is 0.350. The Hall–Kier alpha value is -3.73. The van der Waals surface area contributed by atoms with E-state index in [1.165, 1.54) is 21.0 Å². The standard InChI is InChI=1S/C20H21N5O6/c1-20(2)18-22-14(15(26)17(28)24(18)8-9-31-20)16(27)21-11-23-10-12-6-4-5-7-13(12)25(23)19(29)30-3/h4-7,10H,8-9,11H2,1-3H3,(H-,21,26,27)/p+1. The van der Waals surface area contributed by atoms with Crippen molar-refractivity contribution in [3.8, 4) is 5.75 Å². The Kier molecular flexibility index (Phi) is 4.97. The van der Waals surface area contributed by atoms with Gasteiger partial charge in [-0.3, -0.25) is 19.5 Å². The van der Waals surface area contributed by atoms with Crippen LogP contribution in [0.15, 0.2) is 35.3 Å². The molecule has 3 aromatic rings. The van der Waals surface area contributed by atoms with Gasteiger partial charge in [-0.1, -0.05) is 16.8 Å². The lowest BCUT2D eigenvalue weighted by molar-refractivity contribution is -0.765. The molecule has 11 nitrogen and oxygen atoms in total. The molecule has 0 saturated heterocycles. The third-order valence-electron chi connectivity index (χ3n) is 5.14. The summed E-state index contributed by atoms with van der Waals surface area (Å²) in [5.41, 5.74) is -1.42. The molecule has 162 valence electrons. The highest BCUT2D eigenvalue weighted by Crippen LogP contribution is 2.27. The van der Waals surface area contributed by atoms with E-state index in [4.69, 9.17) is 9.47 Å². The van der Waals surface area contributed by atoms with Gasteiger partial charge in [-0.05, 0) is 30.7 Å². The molecular weight excluding hydrogens is 406 g/mol. The highest BCUT2D eigenvalue weighted by molar-refractivity contribution is 5.94. The lowest BCUT2D eigenvalue weighted by Crippen LogP contribution is -2.52. The van der Waals surface area contributed by atoms with Gasteiger partial charge in [0, 0.05) is 0 Å². The summed E-state index contributed by atoms with van der Waals surface area (Å²) in [5, 5.41) is 13.6. The second-order valence-corrected chi connectivity index (χ2v) is 7.52. The Morgan fingerprint density at radius 1 is 1.35 bits per heavy atom. The van der Waals surface area contributed by atoms with Crippen LogP contribution < -0.4 is 15.6 Å². The quantitative estimate of drug-likeness (QED) is 0.580. The molecule has 2 aromatic heterocycles. The first kappa shape index (κ1) is 20.5. The molecule has 0 bridgehead atoms. The van der Waals surface area contributed by atoms with E-state index < -0.39 is 34.6 Å². The number of nitrogens with one attached hydrogen (secondary N) is 1. The summed E-state index contributed by atoms with van der Waals surface area (Å²) in [6.45, 7) is 3.85. The van der Waals surface area contributed by atoms with E-state index in [-0.39, 0.29) is 19.0 Å². The summed E-state index contributed by atoms with van der Waals surface area (Å²) in [6, 6.07) is 7.15. The minimum absolute atomic E-state index is 0.137. The van der Waals surface area contributed by atoms with Crippen molar-refractivity contribution in [1.82, 2.24) is 19.5 Å². The first-order valence-corrected chi connectivity index (χ1v) is 9.59. The molecule has 0 radical (unpaired) electrons. The van der Waals surface area contributed by atoms with Crippen molar-refractivity contribution in [2.24, 2.45) is 0 Å². The van der Waals surface area contributed by atoms with E-state index >= 15 is 0 Å². The molecule has 4 rings (SSSR count). The minimum atomic E-state index is -0.897. The van der Waals surface area contributed by atoms with E-state index in [0.29, 0.717) is 12.1 Å². The molecule has 11 heteroatoms. The van der Waals surface area contributed by atoms with Crippen LogP contribution in [0, 0.1) is 0 Å². The number of rotatable bonds is 3. The number of aromatic nitrogens is 4. The third kappa shape index (κ3) is 3.42. The van der Waals surface area contributed by atoms with Crippen molar-refractivity contribution >= 4 is 22.9 Å². The molecule has 0 fully saturated rings. The number of fused-ring (bicyclic) bond motifs is 2. The minimum Gasteiger partial charge on any atom is -0.501 e. The molecule has 0 unspecified atom stereocenters. The average Bonchev–Trinajstić information content (AvgIpc) is 3.12. The number of carbonyl (C=O) groups is 2. The van der Waals surface area contributed by atoms with E-state index in [9.17, 15) is 19.5 Å².